The fraction of sp³-hybridized carbons (Fsp3) is 0.238. The number of nitrogens with zero attached hydrogens (tertiary/aromatic N) is 4. The van der Waals surface area contributed by atoms with Crippen molar-refractivity contribution in [1.29, 1.82) is 0 Å². The summed E-state index contributed by atoms with van der Waals surface area (Å²) in [6.07, 6.45) is 1.50. The molecule has 0 saturated carbocycles. The van der Waals surface area contributed by atoms with Gasteiger partial charge >= 0.3 is 5.69 Å². The lowest BCUT2D eigenvalue weighted by atomic mass is 10.3. The van der Waals surface area contributed by atoms with Gasteiger partial charge in [-0.15, -0.1) is 0 Å². The second-order valence-electron chi connectivity index (χ2n) is 7.23. The van der Waals surface area contributed by atoms with Crippen molar-refractivity contribution < 1.29 is 27.6 Å². The summed E-state index contributed by atoms with van der Waals surface area (Å²) in [6.45, 7) is 1.17. The molecule has 0 spiro atoms. The summed E-state index contributed by atoms with van der Waals surface area (Å²) in [4.78, 5) is 23.2. The second-order valence-corrected chi connectivity index (χ2v) is 9.17. The van der Waals surface area contributed by atoms with Crippen molar-refractivity contribution in [1.82, 2.24) is 14.1 Å². The van der Waals surface area contributed by atoms with E-state index in [1.54, 1.807) is 6.07 Å². The zero-order valence-electron chi connectivity index (χ0n) is 17.9. The molecule has 0 atom stereocenters. The molecule has 0 radical (unpaired) electrons. The molecule has 0 bridgehead atoms. The first kappa shape index (κ1) is 23.4. The molecular weight excluding hydrogens is 466 g/mol. The van der Waals surface area contributed by atoms with E-state index >= 15 is 0 Å². The lowest BCUT2D eigenvalue weighted by Crippen LogP contribution is -2.40. The van der Waals surface area contributed by atoms with Crippen LogP contribution in [0.5, 0.6) is 5.75 Å². The number of nitro benzene ring substituents is 1. The Morgan fingerprint density at radius 2 is 1.82 bits per heavy atom. The third-order valence-corrected chi connectivity index (χ3v) is 6.92. The number of aromatic nitrogens is 2. The highest BCUT2D eigenvalue weighted by molar-refractivity contribution is 7.89. The summed E-state index contributed by atoms with van der Waals surface area (Å²) in [5.74, 6) is -0.422. The molecule has 1 aliphatic heterocycles. The van der Waals surface area contributed by atoms with E-state index in [2.05, 4.69) is 10.4 Å². The second kappa shape index (κ2) is 9.99. The number of carbonyl (C=O) groups is 1. The molecule has 1 amide bonds. The van der Waals surface area contributed by atoms with E-state index in [-0.39, 0.29) is 28.8 Å². The van der Waals surface area contributed by atoms with Crippen molar-refractivity contribution in [3.05, 3.63) is 76.6 Å². The monoisotopic (exact) mass is 487 g/mol. The molecule has 4 rings (SSSR count). The summed E-state index contributed by atoms with van der Waals surface area (Å²) in [5, 5.41) is 17.8. The highest BCUT2D eigenvalue weighted by atomic mass is 32.2. The molecule has 0 unspecified atom stereocenters. The van der Waals surface area contributed by atoms with Crippen LogP contribution in [-0.4, -0.2) is 59.6 Å². The van der Waals surface area contributed by atoms with Gasteiger partial charge in [0.15, 0.2) is 18.2 Å². The third-order valence-electron chi connectivity index (χ3n) is 5.01. The van der Waals surface area contributed by atoms with Gasteiger partial charge in [-0.1, -0.05) is 12.1 Å². The minimum Gasteiger partial charge on any atom is -0.464 e. The number of nitro groups is 1. The number of ether oxygens (including phenoxy) is 2. The van der Waals surface area contributed by atoms with Crippen LogP contribution in [0.1, 0.15) is 10.5 Å². The number of hydrogen-bond acceptors (Lipinski definition) is 8. The number of morpholine rings is 1. The summed E-state index contributed by atoms with van der Waals surface area (Å²) in [5.41, 5.74) is 0.319. The van der Waals surface area contributed by atoms with Crippen molar-refractivity contribution in [2.45, 2.75) is 11.6 Å². The molecule has 178 valence electrons. The van der Waals surface area contributed by atoms with Gasteiger partial charge in [0.1, 0.15) is 0 Å². The van der Waals surface area contributed by atoms with Crippen LogP contribution >= 0.6 is 0 Å². The Hall–Kier alpha value is -3.81. The van der Waals surface area contributed by atoms with Crippen molar-refractivity contribution >= 4 is 27.3 Å². The topological polar surface area (TPSA) is 146 Å². The van der Waals surface area contributed by atoms with E-state index in [0.717, 1.165) is 0 Å². The number of nitrogens with one attached hydrogen (secondary N) is 1. The number of benzene rings is 2. The Morgan fingerprint density at radius 1 is 1.12 bits per heavy atom. The molecule has 0 aliphatic carbocycles. The van der Waals surface area contributed by atoms with Gasteiger partial charge in [0.2, 0.25) is 10.0 Å². The first-order valence-electron chi connectivity index (χ1n) is 10.2. The normalized spacial score (nSPS) is 14.5. The number of carbonyl (C=O) groups excluding carboxylic acids is 1. The van der Waals surface area contributed by atoms with Gasteiger partial charge in [0.25, 0.3) is 5.91 Å². The summed E-state index contributed by atoms with van der Waals surface area (Å²) in [7, 11) is -3.62. The molecule has 1 fully saturated rings. The maximum Gasteiger partial charge on any atom is 0.311 e. The Balaban J connectivity index is 1.37. The lowest BCUT2D eigenvalue weighted by Gasteiger charge is -2.26. The maximum atomic E-state index is 12.7. The van der Waals surface area contributed by atoms with Gasteiger partial charge in [-0.2, -0.15) is 9.40 Å². The zero-order chi connectivity index (χ0) is 24.1. The predicted octanol–water partition coefficient (Wildman–Crippen LogP) is 2.10. The number of amides is 1. The average molecular weight is 487 g/mol. The largest absolute Gasteiger partial charge is 0.464 e. The van der Waals surface area contributed by atoms with E-state index < -0.39 is 20.9 Å². The average Bonchev–Trinajstić information content (AvgIpc) is 3.33. The summed E-state index contributed by atoms with van der Waals surface area (Å²) < 4.78 is 38.7. The van der Waals surface area contributed by atoms with Crippen LogP contribution in [0.4, 0.5) is 11.4 Å². The molecule has 1 aliphatic rings. The molecule has 1 saturated heterocycles. The Morgan fingerprint density at radius 3 is 2.53 bits per heavy atom. The van der Waals surface area contributed by atoms with Crippen LogP contribution in [0.3, 0.4) is 0 Å². The summed E-state index contributed by atoms with van der Waals surface area (Å²) >= 11 is 0. The number of hydrogen-bond donors (Lipinski definition) is 1. The smallest absolute Gasteiger partial charge is 0.311 e. The standard InChI is InChI=1S/C21H21N5O7S/c27-21(18-9-10-24(23-18)15-33-20-4-2-1-3-19(20)26(28)29)22-16-5-7-17(8-6-16)34(30,31)25-11-13-32-14-12-25/h1-10H,11-15H2,(H,22,27). The molecule has 3 aromatic rings. The maximum absolute atomic E-state index is 12.7. The van der Waals surface area contributed by atoms with Gasteiger partial charge in [0.05, 0.1) is 23.0 Å². The van der Waals surface area contributed by atoms with Crippen LogP contribution in [0.15, 0.2) is 65.7 Å². The van der Waals surface area contributed by atoms with E-state index in [1.165, 1.54) is 63.7 Å². The summed E-state index contributed by atoms with van der Waals surface area (Å²) in [6, 6.07) is 13.3. The molecule has 1 aromatic heterocycles. The van der Waals surface area contributed by atoms with Crippen LogP contribution in [0, 0.1) is 10.1 Å². The van der Waals surface area contributed by atoms with Gasteiger partial charge in [-0.25, -0.2) is 13.1 Å². The van der Waals surface area contributed by atoms with Crippen molar-refractivity contribution in [3.8, 4) is 5.75 Å². The molecule has 1 N–H and O–H groups in total. The molecule has 2 heterocycles. The fourth-order valence-electron chi connectivity index (χ4n) is 3.26. The molecule has 34 heavy (non-hydrogen) atoms. The van der Waals surface area contributed by atoms with Gasteiger partial charge in [0, 0.05) is 31.0 Å². The minimum atomic E-state index is -3.62. The molecule has 2 aromatic carbocycles. The highest BCUT2D eigenvalue weighted by Crippen LogP contribution is 2.26. The van der Waals surface area contributed by atoms with Crippen molar-refractivity contribution in [3.63, 3.8) is 0 Å². The minimum absolute atomic E-state index is 0.0844. The molecule has 13 heteroatoms. The van der Waals surface area contributed by atoms with Gasteiger partial charge in [-0.05, 0) is 36.4 Å². The predicted molar refractivity (Wildman–Crippen MR) is 120 cm³/mol. The van der Waals surface area contributed by atoms with E-state index in [9.17, 15) is 23.3 Å². The van der Waals surface area contributed by atoms with E-state index in [0.29, 0.717) is 32.0 Å². The SMILES string of the molecule is O=C(Nc1ccc(S(=O)(=O)N2CCOCC2)cc1)c1ccn(COc2ccccc2[N+](=O)[O-])n1. The first-order chi connectivity index (χ1) is 16.3. The van der Waals surface area contributed by atoms with Crippen LogP contribution in [0.25, 0.3) is 0 Å². The van der Waals surface area contributed by atoms with Gasteiger partial charge in [-0.3, -0.25) is 14.9 Å². The van der Waals surface area contributed by atoms with Crippen molar-refractivity contribution in [2.24, 2.45) is 0 Å². The number of anilines is 1. The lowest BCUT2D eigenvalue weighted by molar-refractivity contribution is -0.386. The van der Waals surface area contributed by atoms with Crippen LogP contribution in [-0.2, 0) is 21.5 Å². The Labute approximate surface area is 194 Å². The first-order valence-corrected chi connectivity index (χ1v) is 11.7. The van der Waals surface area contributed by atoms with E-state index in [1.807, 2.05) is 0 Å². The quantitative estimate of drug-likeness (QED) is 0.375. The Kier molecular flexibility index (Phi) is 6.86. The van der Waals surface area contributed by atoms with Crippen LogP contribution < -0.4 is 10.1 Å². The third kappa shape index (κ3) is 5.22. The Bertz CT molecular complexity index is 1280. The van der Waals surface area contributed by atoms with E-state index in [4.69, 9.17) is 9.47 Å². The number of para-hydroxylation sites is 2. The van der Waals surface area contributed by atoms with Gasteiger partial charge < -0.3 is 14.8 Å². The molecule has 12 nitrogen and oxygen atoms in total. The fourth-order valence-corrected chi connectivity index (χ4v) is 4.67. The number of sulfonamides is 1. The van der Waals surface area contributed by atoms with Crippen molar-refractivity contribution in [2.75, 3.05) is 31.6 Å². The highest BCUT2D eigenvalue weighted by Gasteiger charge is 2.26. The molecular formula is C21H21N5O7S. The van der Waals surface area contributed by atoms with Crippen LogP contribution in [0.2, 0.25) is 0 Å². The number of rotatable bonds is 8. The zero-order valence-corrected chi connectivity index (χ0v) is 18.7.